The van der Waals surface area contributed by atoms with Gasteiger partial charge in [0, 0.05) is 18.5 Å². The zero-order chi connectivity index (χ0) is 15.3. The Morgan fingerprint density at radius 3 is 2.67 bits per heavy atom. The van der Waals surface area contributed by atoms with E-state index in [4.69, 9.17) is 4.52 Å². The van der Waals surface area contributed by atoms with E-state index >= 15 is 0 Å². The number of nitrogens with one attached hydrogen (secondary N) is 1. The minimum atomic E-state index is -4.16. The Hall–Kier alpha value is -2.05. The first-order chi connectivity index (χ1) is 9.98. The number of aryl methyl sites for hydroxylation is 2. The second kappa shape index (κ2) is 6.60. The molecule has 2 rings (SSSR count). The summed E-state index contributed by atoms with van der Waals surface area (Å²) in [5, 5.41) is 6.80. The quantitative estimate of drug-likeness (QED) is 0.883. The molecule has 0 unspecified atom stereocenters. The van der Waals surface area contributed by atoms with Gasteiger partial charge >= 0.3 is 6.18 Å². The van der Waals surface area contributed by atoms with Gasteiger partial charge in [0.1, 0.15) is 0 Å². The number of anilines is 1. The number of para-hydroxylation sites is 1. The fraction of sp³-hybridized carbons (Fsp3) is 0.429. The molecule has 0 fully saturated rings. The third-order valence-corrected chi connectivity index (χ3v) is 2.95. The van der Waals surface area contributed by atoms with Gasteiger partial charge in [0.2, 0.25) is 5.89 Å². The van der Waals surface area contributed by atoms with Crippen LogP contribution in [0.25, 0.3) is 0 Å². The highest BCUT2D eigenvalue weighted by Gasteiger charge is 2.26. The summed E-state index contributed by atoms with van der Waals surface area (Å²) in [5.41, 5.74) is 1.27. The number of rotatable bonds is 6. The molecule has 2 aromatic rings. The molecule has 21 heavy (non-hydrogen) atoms. The number of hydrogen-bond acceptors (Lipinski definition) is 4. The van der Waals surface area contributed by atoms with Gasteiger partial charge in [-0.15, -0.1) is 0 Å². The molecule has 0 saturated heterocycles. The van der Waals surface area contributed by atoms with Crippen LogP contribution in [0.2, 0.25) is 0 Å². The van der Waals surface area contributed by atoms with Gasteiger partial charge in [-0.05, 0) is 18.1 Å². The van der Waals surface area contributed by atoms with Gasteiger partial charge in [0.15, 0.2) is 5.82 Å². The topological polar surface area (TPSA) is 51.0 Å². The zero-order valence-corrected chi connectivity index (χ0v) is 11.6. The molecule has 0 radical (unpaired) electrons. The maximum atomic E-state index is 12.3. The first-order valence-corrected chi connectivity index (χ1v) is 6.68. The molecule has 1 aromatic heterocycles. The summed E-state index contributed by atoms with van der Waals surface area (Å²) in [4.78, 5) is 4.14. The lowest BCUT2D eigenvalue weighted by atomic mass is 10.1. The monoisotopic (exact) mass is 299 g/mol. The number of nitrogens with zero attached hydrogens (tertiary/aromatic N) is 2. The highest BCUT2D eigenvalue weighted by molar-refractivity contribution is 5.51. The van der Waals surface area contributed by atoms with Crippen LogP contribution in [0.4, 0.5) is 18.9 Å². The van der Waals surface area contributed by atoms with Crippen LogP contribution in [0.5, 0.6) is 0 Å². The largest absolute Gasteiger partial charge is 0.389 e. The summed E-state index contributed by atoms with van der Waals surface area (Å²) in [6.45, 7) is 2.20. The lowest BCUT2D eigenvalue weighted by Gasteiger charge is -2.11. The predicted molar refractivity (Wildman–Crippen MR) is 71.8 cm³/mol. The molecule has 0 bridgehead atoms. The van der Waals surface area contributed by atoms with Crippen molar-refractivity contribution in [2.24, 2.45) is 0 Å². The highest BCUT2D eigenvalue weighted by Crippen LogP contribution is 2.25. The Bertz CT molecular complexity index is 581. The highest BCUT2D eigenvalue weighted by atomic mass is 19.4. The van der Waals surface area contributed by atoms with Crippen LogP contribution in [-0.4, -0.2) is 16.3 Å². The van der Waals surface area contributed by atoms with Crippen molar-refractivity contribution >= 4 is 5.69 Å². The minimum absolute atomic E-state index is 0.0588. The second-order valence-corrected chi connectivity index (χ2v) is 4.58. The Labute approximate surface area is 120 Å². The molecule has 0 aliphatic rings. The smallest absolute Gasteiger partial charge is 0.376 e. The summed E-state index contributed by atoms with van der Waals surface area (Å²) >= 11 is 0. The maximum Gasteiger partial charge on any atom is 0.389 e. The molecule has 4 nitrogen and oxygen atoms in total. The molecule has 1 aromatic carbocycles. The van der Waals surface area contributed by atoms with E-state index in [1.165, 1.54) is 0 Å². The Morgan fingerprint density at radius 1 is 1.24 bits per heavy atom. The molecule has 0 amide bonds. The molecule has 0 aliphatic carbocycles. The maximum absolute atomic E-state index is 12.3. The summed E-state index contributed by atoms with van der Waals surface area (Å²) in [6.07, 6.45) is -4.38. The van der Waals surface area contributed by atoms with E-state index in [0.717, 1.165) is 0 Å². The van der Waals surface area contributed by atoms with E-state index in [1.54, 1.807) is 24.3 Å². The van der Waals surface area contributed by atoms with Crippen molar-refractivity contribution < 1.29 is 17.7 Å². The van der Waals surface area contributed by atoms with Gasteiger partial charge in [-0.1, -0.05) is 30.3 Å². The van der Waals surface area contributed by atoms with E-state index in [0.29, 0.717) is 29.4 Å². The average molecular weight is 299 g/mol. The first kappa shape index (κ1) is 15.3. The SMILES string of the molecule is CCc1noc(CNc2ccccc2CCC(F)(F)F)n1. The number of aromatic nitrogens is 2. The lowest BCUT2D eigenvalue weighted by Crippen LogP contribution is -2.10. The summed E-state index contributed by atoms with van der Waals surface area (Å²) < 4.78 is 42.0. The summed E-state index contributed by atoms with van der Waals surface area (Å²) in [7, 11) is 0. The van der Waals surface area contributed by atoms with Crippen molar-refractivity contribution in [1.29, 1.82) is 0 Å². The van der Waals surface area contributed by atoms with Crippen LogP contribution in [0.1, 0.15) is 30.6 Å². The van der Waals surface area contributed by atoms with Gasteiger partial charge < -0.3 is 9.84 Å². The fourth-order valence-corrected chi connectivity index (χ4v) is 1.86. The molecular weight excluding hydrogens is 283 g/mol. The van der Waals surface area contributed by atoms with Gasteiger partial charge in [-0.25, -0.2) is 0 Å². The molecule has 1 heterocycles. The van der Waals surface area contributed by atoms with Crippen molar-refractivity contribution in [2.45, 2.75) is 38.9 Å². The molecule has 0 spiro atoms. The minimum Gasteiger partial charge on any atom is -0.376 e. The van der Waals surface area contributed by atoms with Crippen molar-refractivity contribution in [3.8, 4) is 0 Å². The molecule has 114 valence electrons. The van der Waals surface area contributed by atoms with E-state index < -0.39 is 12.6 Å². The van der Waals surface area contributed by atoms with Gasteiger partial charge in [-0.3, -0.25) is 0 Å². The van der Waals surface area contributed by atoms with Crippen LogP contribution in [0.15, 0.2) is 28.8 Å². The molecule has 0 atom stereocenters. The first-order valence-electron chi connectivity index (χ1n) is 6.68. The van der Waals surface area contributed by atoms with E-state index in [9.17, 15) is 13.2 Å². The van der Waals surface area contributed by atoms with Crippen LogP contribution < -0.4 is 5.32 Å². The Morgan fingerprint density at radius 2 is 2.00 bits per heavy atom. The van der Waals surface area contributed by atoms with Gasteiger partial charge in [-0.2, -0.15) is 18.2 Å². The average Bonchev–Trinajstić information content (AvgIpc) is 2.91. The molecule has 0 aliphatic heterocycles. The summed E-state index contributed by atoms with van der Waals surface area (Å²) in [5.74, 6) is 1.02. The van der Waals surface area contributed by atoms with E-state index in [2.05, 4.69) is 15.5 Å². The number of benzene rings is 1. The molecule has 1 N–H and O–H groups in total. The third kappa shape index (κ3) is 4.77. The Balaban J connectivity index is 1.99. The van der Waals surface area contributed by atoms with Gasteiger partial charge in [0.25, 0.3) is 0 Å². The Kier molecular flexibility index (Phi) is 4.82. The van der Waals surface area contributed by atoms with E-state index in [-0.39, 0.29) is 13.0 Å². The zero-order valence-electron chi connectivity index (χ0n) is 11.6. The van der Waals surface area contributed by atoms with Crippen molar-refractivity contribution in [2.75, 3.05) is 5.32 Å². The van der Waals surface area contributed by atoms with Gasteiger partial charge in [0.05, 0.1) is 6.54 Å². The number of hydrogen-bond donors (Lipinski definition) is 1. The van der Waals surface area contributed by atoms with Crippen molar-refractivity contribution in [3.63, 3.8) is 0 Å². The lowest BCUT2D eigenvalue weighted by molar-refractivity contribution is -0.133. The van der Waals surface area contributed by atoms with Crippen molar-refractivity contribution in [1.82, 2.24) is 10.1 Å². The third-order valence-electron chi connectivity index (χ3n) is 2.95. The van der Waals surface area contributed by atoms with Crippen molar-refractivity contribution in [3.05, 3.63) is 41.5 Å². The van der Waals surface area contributed by atoms with Crippen LogP contribution >= 0.6 is 0 Å². The molecule has 7 heteroatoms. The standard InChI is InChI=1S/C14H16F3N3O/c1-2-12-19-13(21-20-12)9-18-11-6-4-3-5-10(11)7-8-14(15,16)17/h3-6,18H,2,7-9H2,1H3. The van der Waals surface area contributed by atoms with Crippen LogP contribution in [0, 0.1) is 0 Å². The number of alkyl halides is 3. The fourth-order valence-electron chi connectivity index (χ4n) is 1.86. The predicted octanol–water partition coefficient (Wildman–Crippen LogP) is 3.74. The van der Waals surface area contributed by atoms with Crippen LogP contribution in [-0.2, 0) is 19.4 Å². The normalized spacial score (nSPS) is 11.6. The van der Waals surface area contributed by atoms with Crippen LogP contribution in [0.3, 0.4) is 0 Å². The molecule has 0 saturated carbocycles. The molecular formula is C14H16F3N3O. The second-order valence-electron chi connectivity index (χ2n) is 4.58. The van der Waals surface area contributed by atoms with E-state index in [1.807, 2.05) is 6.92 Å². The number of halogens is 3. The summed E-state index contributed by atoms with van der Waals surface area (Å²) in [6, 6.07) is 6.91.